The van der Waals surface area contributed by atoms with E-state index in [4.69, 9.17) is 4.74 Å². The van der Waals surface area contributed by atoms with Crippen molar-refractivity contribution in [2.24, 2.45) is 5.92 Å². The van der Waals surface area contributed by atoms with Gasteiger partial charge >= 0.3 is 0 Å². The normalized spacial score (nSPS) is 27.0. The lowest BCUT2D eigenvalue weighted by Gasteiger charge is -2.41. The molecule has 1 saturated heterocycles. The zero-order valence-corrected chi connectivity index (χ0v) is 14.2. The fraction of sp³-hybridized carbons (Fsp3) is 1.00. The second-order valence-corrected chi connectivity index (χ2v) is 7.24. The van der Waals surface area contributed by atoms with E-state index in [0.29, 0.717) is 25.1 Å². The Morgan fingerprint density at radius 3 is 2.55 bits per heavy atom. The van der Waals surface area contributed by atoms with Crippen molar-refractivity contribution >= 4 is 0 Å². The molecule has 4 heteroatoms. The van der Waals surface area contributed by atoms with Crippen LogP contribution < -0.4 is 0 Å². The molecule has 120 valence electrons. The maximum atomic E-state index is 10.1. The lowest BCUT2D eigenvalue weighted by Crippen LogP contribution is -2.50. The molecule has 0 aromatic rings. The minimum atomic E-state index is -0.407. The van der Waals surface area contributed by atoms with Crippen LogP contribution >= 0.6 is 0 Å². The predicted molar refractivity (Wildman–Crippen MR) is 84.0 cm³/mol. The van der Waals surface area contributed by atoms with Gasteiger partial charge in [0.2, 0.25) is 0 Å². The topological polar surface area (TPSA) is 35.9 Å². The third-order valence-electron chi connectivity index (χ3n) is 4.16. The van der Waals surface area contributed by atoms with E-state index in [-0.39, 0.29) is 5.60 Å². The summed E-state index contributed by atoms with van der Waals surface area (Å²) in [7, 11) is 2.13. The van der Waals surface area contributed by atoms with E-state index >= 15 is 0 Å². The van der Waals surface area contributed by atoms with Crippen LogP contribution in [0.3, 0.4) is 0 Å². The molecular formula is C16H34N2O2. The van der Waals surface area contributed by atoms with Gasteiger partial charge < -0.3 is 19.6 Å². The Balaban J connectivity index is 2.36. The molecule has 1 rings (SSSR count). The number of aliphatic hydroxyl groups excluding tert-OH is 1. The largest absolute Gasteiger partial charge is 0.389 e. The molecular weight excluding hydrogens is 252 g/mol. The van der Waals surface area contributed by atoms with E-state index in [1.165, 1.54) is 19.5 Å². The molecule has 0 aromatic carbocycles. The van der Waals surface area contributed by atoms with Crippen LogP contribution in [0, 0.1) is 5.92 Å². The molecule has 4 nitrogen and oxygen atoms in total. The van der Waals surface area contributed by atoms with Gasteiger partial charge in [-0.15, -0.1) is 0 Å². The van der Waals surface area contributed by atoms with Gasteiger partial charge in [0, 0.05) is 19.1 Å². The highest BCUT2D eigenvalue weighted by atomic mass is 16.5. The van der Waals surface area contributed by atoms with Crippen LogP contribution in [0.15, 0.2) is 0 Å². The zero-order chi connectivity index (χ0) is 15.3. The number of rotatable bonds is 6. The van der Waals surface area contributed by atoms with Crippen molar-refractivity contribution < 1.29 is 9.84 Å². The summed E-state index contributed by atoms with van der Waals surface area (Å²) in [4.78, 5) is 4.82. The van der Waals surface area contributed by atoms with Gasteiger partial charge in [0.15, 0.2) is 0 Å². The first-order chi connectivity index (χ1) is 9.23. The number of likely N-dealkylation sites (tertiary alicyclic amines) is 1. The number of nitrogens with zero attached hydrogens (tertiary/aromatic N) is 2. The summed E-state index contributed by atoms with van der Waals surface area (Å²) in [5.41, 5.74) is -0.181. The minimum Gasteiger partial charge on any atom is -0.389 e. The second kappa shape index (κ2) is 7.74. The van der Waals surface area contributed by atoms with Crippen molar-refractivity contribution in [2.45, 2.75) is 58.8 Å². The Labute approximate surface area is 125 Å². The first-order valence-electron chi connectivity index (χ1n) is 7.97. The minimum absolute atomic E-state index is 0.181. The summed E-state index contributed by atoms with van der Waals surface area (Å²) in [6, 6.07) is 0.571. The van der Waals surface area contributed by atoms with Crippen molar-refractivity contribution in [3.63, 3.8) is 0 Å². The molecule has 1 aliphatic heterocycles. The average molecular weight is 286 g/mol. The summed E-state index contributed by atoms with van der Waals surface area (Å²) >= 11 is 0. The van der Waals surface area contributed by atoms with Crippen LogP contribution in [0.4, 0.5) is 0 Å². The lowest BCUT2D eigenvalue weighted by molar-refractivity contribution is -0.0604. The molecule has 0 aromatic heterocycles. The van der Waals surface area contributed by atoms with Crippen LogP contribution in [0.2, 0.25) is 0 Å². The molecule has 1 fully saturated rings. The maximum absolute atomic E-state index is 10.1. The number of aliphatic hydroxyl groups is 1. The third kappa shape index (κ3) is 6.08. The standard InChI is InChI=1S/C16H34N2O2/c1-7-18-9-8-15(13(2)10-18)17(6)11-14(19)12-20-16(3,4)5/h13-15,19H,7-12H2,1-6H3. The molecule has 0 saturated carbocycles. The summed E-state index contributed by atoms with van der Waals surface area (Å²) in [5, 5.41) is 10.1. The maximum Gasteiger partial charge on any atom is 0.0900 e. The Kier molecular flexibility index (Phi) is 6.92. The Bertz CT molecular complexity index is 278. The van der Waals surface area contributed by atoms with Gasteiger partial charge in [-0.25, -0.2) is 0 Å². The molecule has 0 spiro atoms. The number of piperidine rings is 1. The van der Waals surface area contributed by atoms with E-state index in [2.05, 4.69) is 30.7 Å². The van der Waals surface area contributed by atoms with Crippen LogP contribution in [-0.2, 0) is 4.74 Å². The highest BCUT2D eigenvalue weighted by Gasteiger charge is 2.29. The van der Waals surface area contributed by atoms with Crippen molar-refractivity contribution in [1.82, 2.24) is 9.80 Å². The van der Waals surface area contributed by atoms with Crippen LogP contribution in [0.25, 0.3) is 0 Å². The fourth-order valence-corrected chi connectivity index (χ4v) is 3.03. The molecule has 20 heavy (non-hydrogen) atoms. The molecule has 1 aliphatic rings. The number of hydrogen-bond donors (Lipinski definition) is 1. The van der Waals surface area contributed by atoms with Crippen molar-refractivity contribution in [1.29, 1.82) is 0 Å². The van der Waals surface area contributed by atoms with Gasteiger partial charge in [-0.3, -0.25) is 0 Å². The fourth-order valence-electron chi connectivity index (χ4n) is 3.03. The summed E-state index contributed by atoms with van der Waals surface area (Å²) in [6.07, 6.45) is 0.786. The molecule has 3 atom stereocenters. The van der Waals surface area contributed by atoms with Crippen molar-refractivity contribution in [3.05, 3.63) is 0 Å². The predicted octanol–water partition coefficient (Wildman–Crippen LogP) is 1.82. The molecule has 0 bridgehead atoms. The smallest absolute Gasteiger partial charge is 0.0900 e. The van der Waals surface area contributed by atoms with Gasteiger partial charge in [-0.05, 0) is 53.2 Å². The second-order valence-electron chi connectivity index (χ2n) is 7.24. The Morgan fingerprint density at radius 2 is 2.05 bits per heavy atom. The quantitative estimate of drug-likeness (QED) is 0.808. The van der Waals surface area contributed by atoms with E-state index in [9.17, 15) is 5.11 Å². The van der Waals surface area contributed by atoms with E-state index in [1.807, 2.05) is 20.8 Å². The van der Waals surface area contributed by atoms with Gasteiger partial charge in [-0.1, -0.05) is 13.8 Å². The van der Waals surface area contributed by atoms with Crippen molar-refractivity contribution in [2.75, 3.05) is 39.8 Å². The monoisotopic (exact) mass is 286 g/mol. The highest BCUT2D eigenvalue weighted by molar-refractivity contribution is 4.84. The summed E-state index contributed by atoms with van der Waals surface area (Å²) in [5.74, 6) is 0.657. The highest BCUT2D eigenvalue weighted by Crippen LogP contribution is 2.21. The molecule has 0 amide bonds. The Morgan fingerprint density at radius 1 is 1.40 bits per heavy atom. The van der Waals surface area contributed by atoms with Gasteiger partial charge in [0.25, 0.3) is 0 Å². The molecule has 1 N–H and O–H groups in total. The molecule has 0 radical (unpaired) electrons. The van der Waals surface area contributed by atoms with Gasteiger partial charge in [0.05, 0.1) is 18.3 Å². The van der Waals surface area contributed by atoms with E-state index in [0.717, 1.165) is 6.54 Å². The van der Waals surface area contributed by atoms with Crippen molar-refractivity contribution in [3.8, 4) is 0 Å². The first kappa shape index (κ1) is 17.9. The third-order valence-corrected chi connectivity index (χ3v) is 4.16. The molecule has 0 aliphatic carbocycles. The van der Waals surface area contributed by atoms with Crippen LogP contribution in [-0.4, -0.2) is 72.5 Å². The lowest BCUT2D eigenvalue weighted by atomic mass is 9.92. The number of likely N-dealkylation sites (N-methyl/N-ethyl adjacent to an activating group) is 1. The van der Waals surface area contributed by atoms with Crippen LogP contribution in [0.1, 0.15) is 41.0 Å². The number of hydrogen-bond acceptors (Lipinski definition) is 4. The summed E-state index contributed by atoms with van der Waals surface area (Å²) < 4.78 is 5.66. The Hall–Kier alpha value is -0.160. The molecule has 3 unspecified atom stereocenters. The van der Waals surface area contributed by atoms with Gasteiger partial charge in [-0.2, -0.15) is 0 Å². The number of ether oxygens (including phenoxy) is 1. The zero-order valence-electron chi connectivity index (χ0n) is 14.2. The molecule has 1 heterocycles. The average Bonchev–Trinajstić information content (AvgIpc) is 2.35. The first-order valence-corrected chi connectivity index (χ1v) is 7.97. The SMILES string of the molecule is CCN1CCC(N(C)CC(O)COC(C)(C)C)C(C)C1. The van der Waals surface area contributed by atoms with Crippen LogP contribution in [0.5, 0.6) is 0 Å². The van der Waals surface area contributed by atoms with E-state index < -0.39 is 6.10 Å². The van der Waals surface area contributed by atoms with Gasteiger partial charge in [0.1, 0.15) is 0 Å². The van der Waals surface area contributed by atoms with E-state index in [1.54, 1.807) is 0 Å². The summed E-state index contributed by atoms with van der Waals surface area (Å²) in [6.45, 7) is 15.2.